The van der Waals surface area contributed by atoms with E-state index in [1.165, 1.54) is 116 Å². The molecule has 0 aromatic heterocycles. The largest absolute Gasteiger partial charge is 0.472 e. The summed E-state index contributed by atoms with van der Waals surface area (Å²) in [6.45, 7) is 4.75. The molecule has 3 N–H and O–H groups in total. The van der Waals surface area contributed by atoms with Gasteiger partial charge in [0.2, 0.25) is 0 Å². The molecule has 0 bridgehead atoms. The maximum atomic E-state index is 13.1. The molecule has 17 nitrogen and oxygen atoms in total. The van der Waals surface area contributed by atoms with Crippen molar-refractivity contribution in [3.63, 3.8) is 0 Å². The number of ether oxygens (including phenoxy) is 4. The van der Waals surface area contributed by atoms with E-state index in [0.717, 1.165) is 154 Å². The van der Waals surface area contributed by atoms with Crippen LogP contribution in [0, 0.1) is 0 Å². The van der Waals surface area contributed by atoms with E-state index in [1.807, 2.05) is 0 Å². The van der Waals surface area contributed by atoms with Gasteiger partial charge < -0.3 is 33.8 Å². The molecule has 0 saturated carbocycles. The third-order valence-corrected chi connectivity index (χ3v) is 18.6. The number of unbranched alkanes of at least 4 members (excludes halogenated alkanes) is 36. The first-order valence-electron chi connectivity index (χ1n) is 39.2. The molecule has 98 heavy (non-hydrogen) atoms. The lowest BCUT2D eigenvalue weighted by Gasteiger charge is -2.21. The van der Waals surface area contributed by atoms with Gasteiger partial charge in [0.25, 0.3) is 0 Å². The van der Waals surface area contributed by atoms with Gasteiger partial charge in [-0.1, -0.05) is 280 Å². The van der Waals surface area contributed by atoms with E-state index >= 15 is 0 Å². The van der Waals surface area contributed by atoms with E-state index in [4.69, 9.17) is 37.0 Å². The Morgan fingerprint density at radius 3 is 0.837 bits per heavy atom. The third-order valence-electron chi connectivity index (χ3n) is 16.7. The molecule has 0 aromatic carbocycles. The van der Waals surface area contributed by atoms with Crippen molar-refractivity contribution < 1.29 is 80.2 Å². The standard InChI is InChI=1S/C79H142O17P2/c1-5-9-13-17-21-25-29-33-35-36-38-42-44-48-52-56-60-64-77(82)90-70-75(96-79(84)66-62-58-54-50-46-40-32-28-24-20-16-12-8-4)72-94-98(87,88)92-68-73(80)67-91-97(85,86)93-71-74(95-78(83)65-61-57-53-49-45-39-31-27-23-19-15-11-7-3)69-89-76(81)63-59-55-51-47-43-41-37-34-30-26-22-18-14-10-6-2/h9,13,21,25,27,31,33-35,37-38,42,73-75,80H,5-8,10-12,14-20,22-24,26,28-30,32,36,39-41,43-72H2,1-4H3,(H,85,86)(H,87,88)/b13-9-,25-21-,31-27-,35-33-,37-34-,42-38-. The van der Waals surface area contributed by atoms with Gasteiger partial charge in [-0.25, -0.2) is 9.13 Å². The Balaban J connectivity index is 5.34. The Morgan fingerprint density at radius 1 is 0.296 bits per heavy atom. The van der Waals surface area contributed by atoms with Crippen LogP contribution in [0.5, 0.6) is 0 Å². The molecule has 0 aromatic rings. The number of aliphatic hydroxyl groups excluding tert-OH is 1. The van der Waals surface area contributed by atoms with Gasteiger partial charge in [0.15, 0.2) is 12.2 Å². The van der Waals surface area contributed by atoms with Crippen molar-refractivity contribution in [2.45, 2.75) is 367 Å². The Hall–Kier alpha value is -3.50. The summed E-state index contributed by atoms with van der Waals surface area (Å²) in [5.74, 6) is -2.19. The number of carbonyl (C=O) groups is 4. The molecule has 570 valence electrons. The minimum atomic E-state index is -4.97. The molecule has 0 aliphatic carbocycles. The minimum absolute atomic E-state index is 0.0863. The number of phosphoric acid groups is 2. The summed E-state index contributed by atoms with van der Waals surface area (Å²) >= 11 is 0. The highest BCUT2D eigenvalue weighted by molar-refractivity contribution is 7.47. The minimum Gasteiger partial charge on any atom is -0.462 e. The maximum absolute atomic E-state index is 13.1. The molecule has 19 heteroatoms. The van der Waals surface area contributed by atoms with Crippen LogP contribution in [0.3, 0.4) is 0 Å². The summed E-state index contributed by atoms with van der Waals surface area (Å²) in [7, 11) is -9.95. The van der Waals surface area contributed by atoms with Crippen molar-refractivity contribution in [1.82, 2.24) is 0 Å². The molecule has 0 fully saturated rings. The van der Waals surface area contributed by atoms with Gasteiger partial charge in [-0.2, -0.15) is 0 Å². The van der Waals surface area contributed by atoms with Crippen LogP contribution in [0.15, 0.2) is 72.9 Å². The van der Waals surface area contributed by atoms with Crippen molar-refractivity contribution in [1.29, 1.82) is 0 Å². The van der Waals surface area contributed by atoms with E-state index in [1.54, 1.807) is 0 Å². The normalized spacial score (nSPS) is 14.3. The van der Waals surface area contributed by atoms with Gasteiger partial charge in [-0.15, -0.1) is 0 Å². The first kappa shape index (κ1) is 94.5. The summed E-state index contributed by atoms with van der Waals surface area (Å²) in [6.07, 6.45) is 71.7. The third kappa shape index (κ3) is 70.9. The lowest BCUT2D eigenvalue weighted by Crippen LogP contribution is -2.30. The molecular formula is C79H142O17P2. The number of rotatable bonds is 74. The molecule has 0 heterocycles. The first-order chi connectivity index (χ1) is 47.7. The van der Waals surface area contributed by atoms with Crippen LogP contribution in [0.25, 0.3) is 0 Å². The van der Waals surface area contributed by atoms with Gasteiger partial charge in [-0.05, 0) is 116 Å². The smallest absolute Gasteiger partial charge is 0.462 e. The Bertz CT molecular complexity index is 2140. The highest BCUT2D eigenvalue weighted by Gasteiger charge is 2.30. The van der Waals surface area contributed by atoms with Crippen LogP contribution >= 0.6 is 15.6 Å². The van der Waals surface area contributed by atoms with E-state index in [0.29, 0.717) is 25.7 Å². The summed E-state index contributed by atoms with van der Waals surface area (Å²) in [5.41, 5.74) is 0. The summed E-state index contributed by atoms with van der Waals surface area (Å²) < 4.78 is 68.5. The fourth-order valence-corrected chi connectivity index (χ4v) is 12.3. The second kappa shape index (κ2) is 71.9. The Labute approximate surface area is 596 Å². The highest BCUT2D eigenvalue weighted by atomic mass is 31.2. The van der Waals surface area contributed by atoms with E-state index in [-0.39, 0.29) is 25.7 Å². The zero-order chi connectivity index (χ0) is 71.8. The van der Waals surface area contributed by atoms with Gasteiger partial charge in [0.05, 0.1) is 26.4 Å². The quantitative estimate of drug-likeness (QED) is 0.0169. The molecule has 0 amide bonds. The van der Waals surface area contributed by atoms with Gasteiger partial charge in [0, 0.05) is 25.7 Å². The molecule has 5 unspecified atom stereocenters. The van der Waals surface area contributed by atoms with Crippen molar-refractivity contribution >= 4 is 39.5 Å². The van der Waals surface area contributed by atoms with Gasteiger partial charge in [0.1, 0.15) is 19.3 Å². The van der Waals surface area contributed by atoms with Crippen LogP contribution in [0.4, 0.5) is 0 Å². The zero-order valence-electron chi connectivity index (χ0n) is 62.2. The lowest BCUT2D eigenvalue weighted by molar-refractivity contribution is -0.161. The van der Waals surface area contributed by atoms with Crippen molar-refractivity contribution in [2.24, 2.45) is 0 Å². The second-order valence-corrected chi connectivity index (χ2v) is 29.2. The number of aliphatic hydroxyl groups is 1. The summed E-state index contributed by atoms with van der Waals surface area (Å²) in [6, 6.07) is 0. The molecular weight excluding hydrogens is 1280 g/mol. The number of carbonyl (C=O) groups excluding carboxylic acids is 4. The SMILES string of the molecule is CC/C=C\C/C=C\C/C=C\C/C=C\CCCCCCC(=O)OCC(COP(=O)(O)OCC(O)COP(=O)(O)OCC(COC(=O)CCCCCCC/C=C\CCCCCCCC)OC(=O)CCCCCCC/C=C\CCCCCC)OC(=O)CCCCCCCCCCCCCCC. The van der Waals surface area contributed by atoms with E-state index < -0.39 is 97.5 Å². The number of hydrogen-bond donors (Lipinski definition) is 3. The maximum Gasteiger partial charge on any atom is 0.472 e. The molecule has 0 radical (unpaired) electrons. The van der Waals surface area contributed by atoms with Crippen molar-refractivity contribution in [2.75, 3.05) is 39.6 Å². The van der Waals surface area contributed by atoms with Gasteiger partial charge >= 0.3 is 39.5 Å². The monoisotopic (exact) mass is 1420 g/mol. The topological polar surface area (TPSA) is 237 Å². The average molecular weight is 1430 g/mol. The molecule has 5 atom stereocenters. The van der Waals surface area contributed by atoms with Crippen LogP contribution in [-0.4, -0.2) is 96.7 Å². The van der Waals surface area contributed by atoms with Crippen LogP contribution in [0.1, 0.15) is 349 Å². The van der Waals surface area contributed by atoms with Crippen LogP contribution < -0.4 is 0 Å². The fourth-order valence-electron chi connectivity index (χ4n) is 10.7. The predicted molar refractivity (Wildman–Crippen MR) is 400 cm³/mol. The molecule has 0 aliphatic rings. The van der Waals surface area contributed by atoms with E-state index in [9.17, 15) is 43.2 Å². The number of esters is 4. The summed E-state index contributed by atoms with van der Waals surface area (Å²) in [4.78, 5) is 72.9. The first-order valence-corrected chi connectivity index (χ1v) is 42.2. The Kier molecular flexibility index (Phi) is 69.3. The molecule has 0 aliphatic heterocycles. The zero-order valence-corrected chi connectivity index (χ0v) is 64.0. The second-order valence-electron chi connectivity index (χ2n) is 26.3. The fraction of sp³-hybridized carbons (Fsp3) is 0.797. The Morgan fingerprint density at radius 2 is 0.531 bits per heavy atom. The van der Waals surface area contributed by atoms with E-state index in [2.05, 4.69) is 101 Å². The lowest BCUT2D eigenvalue weighted by atomic mass is 10.0. The number of hydrogen-bond acceptors (Lipinski definition) is 15. The highest BCUT2D eigenvalue weighted by Crippen LogP contribution is 2.45. The van der Waals surface area contributed by atoms with Gasteiger partial charge in [-0.3, -0.25) is 37.3 Å². The van der Waals surface area contributed by atoms with Crippen LogP contribution in [0.2, 0.25) is 0 Å². The average Bonchev–Trinajstić information content (AvgIpc) is 0.969. The van der Waals surface area contributed by atoms with Crippen molar-refractivity contribution in [3.05, 3.63) is 72.9 Å². The number of phosphoric ester groups is 2. The van der Waals surface area contributed by atoms with Crippen molar-refractivity contribution in [3.8, 4) is 0 Å². The number of allylic oxidation sites excluding steroid dienone is 12. The molecule has 0 saturated heterocycles. The van der Waals surface area contributed by atoms with Crippen LogP contribution in [-0.2, 0) is 65.4 Å². The predicted octanol–water partition coefficient (Wildman–Crippen LogP) is 22.4. The molecule has 0 rings (SSSR count). The summed E-state index contributed by atoms with van der Waals surface area (Å²) in [5, 5.41) is 10.6. The molecule has 0 spiro atoms.